The van der Waals surface area contributed by atoms with E-state index in [1.165, 1.54) is 56.2 Å². The largest absolute Gasteiger partial charge is 0.337 e. The van der Waals surface area contributed by atoms with E-state index in [2.05, 4.69) is 17.4 Å². The second-order valence-electron chi connectivity index (χ2n) is 4.88. The van der Waals surface area contributed by atoms with Crippen molar-refractivity contribution in [3.8, 4) is 0 Å². The number of unbranched alkanes of at least 4 members (excludes halogenated alkanes) is 1. The van der Waals surface area contributed by atoms with Crippen molar-refractivity contribution in [2.75, 3.05) is 38.5 Å². The van der Waals surface area contributed by atoms with Gasteiger partial charge in [-0.1, -0.05) is 11.6 Å². The second kappa shape index (κ2) is 8.05. The maximum Gasteiger partial charge on any atom is 0.127 e. The lowest BCUT2D eigenvalue weighted by Gasteiger charge is -2.21. The topological polar surface area (TPSA) is 21.1 Å². The second-order valence-corrected chi connectivity index (χ2v) is 6.48. The van der Waals surface area contributed by atoms with Gasteiger partial charge in [0.2, 0.25) is 0 Å². The molecule has 1 heterocycles. The smallest absolute Gasteiger partial charge is 0.127 e. The molecule has 1 aromatic carbocycles. The van der Waals surface area contributed by atoms with Crippen LogP contribution in [-0.2, 0) is 0 Å². The van der Waals surface area contributed by atoms with Crippen LogP contribution in [0.2, 0.25) is 5.02 Å². The molecule has 2 rings (SSSR count). The summed E-state index contributed by atoms with van der Waals surface area (Å²) in [6, 6.07) is 8.16. The van der Waals surface area contributed by atoms with Crippen molar-refractivity contribution in [1.82, 2.24) is 0 Å². The zero-order valence-corrected chi connectivity index (χ0v) is 12.4. The Morgan fingerprint density at radius 1 is 1.11 bits per heavy atom. The lowest BCUT2D eigenvalue weighted by Crippen LogP contribution is -3.20. The number of hydrogen-bond acceptors (Lipinski definition) is 1. The highest BCUT2D eigenvalue weighted by molar-refractivity contribution is 7.99. The van der Waals surface area contributed by atoms with Gasteiger partial charge in [-0.3, -0.25) is 0 Å². The first-order chi connectivity index (χ1) is 8.84. The van der Waals surface area contributed by atoms with Crippen LogP contribution < -0.4 is 10.2 Å². The van der Waals surface area contributed by atoms with Crippen LogP contribution in [-0.4, -0.2) is 38.5 Å². The fourth-order valence-electron chi connectivity index (χ4n) is 2.33. The molecule has 0 bridgehead atoms. The molecule has 1 aliphatic heterocycles. The molecular formula is C14H23ClN2S+2. The maximum absolute atomic E-state index is 5.87. The molecule has 1 aliphatic rings. The van der Waals surface area contributed by atoms with Crippen molar-refractivity contribution in [3.63, 3.8) is 0 Å². The summed E-state index contributed by atoms with van der Waals surface area (Å²) in [6.45, 7) is 6.69. The average Bonchev–Trinajstić information content (AvgIpc) is 2.42. The van der Waals surface area contributed by atoms with Crippen molar-refractivity contribution in [1.29, 1.82) is 0 Å². The first-order valence-electron chi connectivity index (χ1n) is 6.88. The summed E-state index contributed by atoms with van der Waals surface area (Å²) >= 11 is 7.81. The third-order valence-electron chi connectivity index (χ3n) is 3.41. The molecule has 1 fully saturated rings. The molecule has 0 atom stereocenters. The molecule has 0 unspecified atom stereocenters. The number of nitrogens with one attached hydrogen (secondary N) is 1. The van der Waals surface area contributed by atoms with Crippen LogP contribution in [0.1, 0.15) is 12.8 Å². The summed E-state index contributed by atoms with van der Waals surface area (Å²) in [5.41, 5.74) is 0. The van der Waals surface area contributed by atoms with Crippen molar-refractivity contribution in [2.45, 2.75) is 17.7 Å². The SMILES string of the molecule is Clc1ccc(SCCCC[NH+]2CC[NH2+]CC2)cc1. The highest BCUT2D eigenvalue weighted by Crippen LogP contribution is 2.21. The minimum atomic E-state index is 0.824. The van der Waals surface area contributed by atoms with Crippen molar-refractivity contribution in [3.05, 3.63) is 29.3 Å². The summed E-state index contributed by atoms with van der Waals surface area (Å²) in [4.78, 5) is 3.13. The van der Waals surface area contributed by atoms with Gasteiger partial charge in [-0.05, 0) is 42.9 Å². The van der Waals surface area contributed by atoms with E-state index in [1.807, 2.05) is 23.9 Å². The minimum Gasteiger partial charge on any atom is -0.337 e. The molecule has 3 N–H and O–H groups in total. The summed E-state index contributed by atoms with van der Waals surface area (Å²) in [5.74, 6) is 1.22. The first-order valence-corrected chi connectivity index (χ1v) is 8.24. The van der Waals surface area contributed by atoms with E-state index in [-0.39, 0.29) is 0 Å². The molecule has 2 nitrogen and oxygen atoms in total. The Labute approximate surface area is 119 Å². The van der Waals surface area contributed by atoms with Gasteiger partial charge in [0.1, 0.15) is 26.2 Å². The Hall–Kier alpha value is -0.220. The normalized spacial score (nSPS) is 16.9. The fraction of sp³-hybridized carbons (Fsp3) is 0.571. The Kier molecular flexibility index (Phi) is 6.35. The van der Waals surface area contributed by atoms with Crippen LogP contribution in [0, 0.1) is 0 Å². The van der Waals surface area contributed by atoms with E-state index < -0.39 is 0 Å². The number of nitrogens with two attached hydrogens (primary N) is 1. The van der Waals surface area contributed by atoms with Gasteiger partial charge in [-0.25, -0.2) is 0 Å². The molecule has 0 amide bonds. The number of benzene rings is 1. The van der Waals surface area contributed by atoms with Crippen molar-refractivity contribution < 1.29 is 10.2 Å². The molecule has 18 heavy (non-hydrogen) atoms. The molecule has 0 aromatic heterocycles. The van der Waals surface area contributed by atoms with Crippen LogP contribution in [0.3, 0.4) is 0 Å². The lowest BCUT2D eigenvalue weighted by atomic mass is 10.3. The van der Waals surface area contributed by atoms with E-state index in [1.54, 1.807) is 4.90 Å². The molecular weight excluding hydrogens is 264 g/mol. The Balaban J connectivity index is 1.54. The van der Waals surface area contributed by atoms with Crippen LogP contribution >= 0.6 is 23.4 Å². The predicted molar refractivity (Wildman–Crippen MR) is 78.6 cm³/mol. The lowest BCUT2D eigenvalue weighted by molar-refractivity contribution is -0.946. The van der Waals surface area contributed by atoms with Gasteiger partial charge in [-0.2, -0.15) is 0 Å². The third kappa shape index (κ3) is 5.19. The number of hydrogen-bond donors (Lipinski definition) is 2. The van der Waals surface area contributed by atoms with Gasteiger partial charge < -0.3 is 10.2 Å². The molecule has 0 radical (unpaired) electrons. The fourth-order valence-corrected chi connectivity index (χ4v) is 3.37. The molecule has 0 spiro atoms. The zero-order chi connectivity index (χ0) is 12.6. The maximum atomic E-state index is 5.87. The Morgan fingerprint density at radius 3 is 2.56 bits per heavy atom. The van der Waals surface area contributed by atoms with E-state index >= 15 is 0 Å². The number of quaternary nitrogens is 2. The third-order valence-corrected chi connectivity index (χ3v) is 4.76. The molecule has 0 saturated carbocycles. The van der Waals surface area contributed by atoms with E-state index in [0.29, 0.717) is 0 Å². The van der Waals surface area contributed by atoms with Crippen LogP contribution in [0.4, 0.5) is 0 Å². The zero-order valence-electron chi connectivity index (χ0n) is 10.8. The van der Waals surface area contributed by atoms with E-state index in [9.17, 15) is 0 Å². The Bertz CT molecular complexity index is 336. The van der Waals surface area contributed by atoms with E-state index in [0.717, 1.165) is 5.02 Å². The summed E-state index contributed by atoms with van der Waals surface area (Å²) in [5, 5.41) is 3.25. The molecule has 1 aromatic rings. The quantitative estimate of drug-likeness (QED) is 0.582. The standard InChI is InChI=1S/C14H21ClN2S/c15-13-3-5-14(6-4-13)18-12-2-1-9-17-10-7-16-8-11-17/h3-6,16H,1-2,7-12H2/p+2. The highest BCUT2D eigenvalue weighted by Gasteiger charge is 2.14. The van der Waals surface area contributed by atoms with Gasteiger partial charge in [0.25, 0.3) is 0 Å². The number of thioether (sulfide) groups is 1. The van der Waals surface area contributed by atoms with Crippen molar-refractivity contribution in [2.24, 2.45) is 0 Å². The van der Waals surface area contributed by atoms with Gasteiger partial charge in [0, 0.05) is 9.92 Å². The predicted octanol–water partition coefficient (Wildman–Crippen LogP) is 0.674. The van der Waals surface area contributed by atoms with Crippen molar-refractivity contribution >= 4 is 23.4 Å². The number of rotatable bonds is 6. The summed E-state index contributed by atoms with van der Waals surface area (Å²) in [6.07, 6.45) is 2.68. The number of halogens is 1. The van der Waals surface area contributed by atoms with Gasteiger partial charge in [-0.15, -0.1) is 11.8 Å². The van der Waals surface area contributed by atoms with Gasteiger partial charge in [0.05, 0.1) is 6.54 Å². The first kappa shape index (κ1) is 14.2. The molecule has 1 saturated heterocycles. The number of piperazine rings is 1. The van der Waals surface area contributed by atoms with Crippen LogP contribution in [0.5, 0.6) is 0 Å². The van der Waals surface area contributed by atoms with Crippen LogP contribution in [0.25, 0.3) is 0 Å². The molecule has 100 valence electrons. The Morgan fingerprint density at radius 2 is 1.83 bits per heavy atom. The average molecular weight is 287 g/mol. The van der Waals surface area contributed by atoms with Crippen LogP contribution in [0.15, 0.2) is 29.2 Å². The summed E-state index contributed by atoms with van der Waals surface area (Å²) in [7, 11) is 0. The molecule has 4 heteroatoms. The van der Waals surface area contributed by atoms with Gasteiger partial charge in [0.15, 0.2) is 0 Å². The molecule has 0 aliphatic carbocycles. The van der Waals surface area contributed by atoms with Gasteiger partial charge >= 0.3 is 0 Å². The minimum absolute atomic E-state index is 0.824. The van der Waals surface area contributed by atoms with E-state index in [4.69, 9.17) is 11.6 Å². The highest BCUT2D eigenvalue weighted by atomic mass is 35.5. The monoisotopic (exact) mass is 286 g/mol. The summed E-state index contributed by atoms with van der Waals surface area (Å²) < 4.78 is 0.